The highest BCUT2D eigenvalue weighted by Crippen LogP contribution is 2.58. The van der Waals surface area contributed by atoms with E-state index in [2.05, 4.69) is 9.71 Å². The quantitative estimate of drug-likeness (QED) is 0.263. The summed E-state index contributed by atoms with van der Waals surface area (Å²) in [6, 6.07) is 8.55. The van der Waals surface area contributed by atoms with Crippen molar-refractivity contribution in [2.75, 3.05) is 6.54 Å². The molecule has 2 aromatic rings. The Balaban J connectivity index is 1.25. The van der Waals surface area contributed by atoms with Crippen LogP contribution in [0.15, 0.2) is 36.5 Å². The summed E-state index contributed by atoms with van der Waals surface area (Å²) in [6.07, 6.45) is 6.00. The maximum Gasteiger partial charge on any atom is 0.362 e. The number of nitrogens with zero attached hydrogens (tertiary/aromatic N) is 2. The number of aromatic nitrogens is 1. The van der Waals surface area contributed by atoms with Gasteiger partial charge in [0.25, 0.3) is 0 Å². The smallest absolute Gasteiger partial charge is 0.362 e. The van der Waals surface area contributed by atoms with E-state index in [0.717, 1.165) is 36.5 Å². The lowest BCUT2D eigenvalue weighted by Crippen LogP contribution is -2.48. The van der Waals surface area contributed by atoms with E-state index in [9.17, 15) is 27.6 Å². The molecule has 4 aliphatic rings. The van der Waals surface area contributed by atoms with Crippen LogP contribution in [0, 0.1) is 22.7 Å². The summed E-state index contributed by atoms with van der Waals surface area (Å²) in [5.41, 5.74) is -1.87. The van der Waals surface area contributed by atoms with Crippen LogP contribution in [0.3, 0.4) is 0 Å². The van der Waals surface area contributed by atoms with Crippen molar-refractivity contribution < 1.29 is 41.3 Å². The summed E-state index contributed by atoms with van der Waals surface area (Å²) < 4.78 is 44.4. The van der Waals surface area contributed by atoms with Crippen LogP contribution in [0.4, 0.5) is 0 Å². The van der Waals surface area contributed by atoms with Crippen molar-refractivity contribution in [2.45, 2.75) is 123 Å². The molecule has 2 heterocycles. The summed E-state index contributed by atoms with van der Waals surface area (Å²) in [6.45, 7) is 7.63. The summed E-state index contributed by atoms with van der Waals surface area (Å²) in [7, 11) is -4.33. The Morgan fingerprint density at radius 1 is 1.02 bits per heavy atom. The van der Waals surface area contributed by atoms with E-state index < -0.39 is 57.2 Å². The molecular weight excluding hydrogens is 662 g/mol. The Labute approximate surface area is 294 Å². The van der Waals surface area contributed by atoms with Crippen LogP contribution in [-0.2, 0) is 38.4 Å². The first-order chi connectivity index (χ1) is 23.7. The van der Waals surface area contributed by atoms with E-state index in [1.54, 1.807) is 6.20 Å². The van der Waals surface area contributed by atoms with Gasteiger partial charge in [-0.3, -0.25) is 23.4 Å². The van der Waals surface area contributed by atoms with Gasteiger partial charge in [0.15, 0.2) is 5.78 Å². The predicted octanol–water partition coefficient (Wildman–Crippen LogP) is 5.04. The molecule has 5 atom stereocenters. The number of rotatable bonds is 14. The molecule has 0 spiro atoms. The van der Waals surface area contributed by atoms with Gasteiger partial charge in [-0.1, -0.05) is 52.3 Å². The van der Waals surface area contributed by atoms with E-state index in [1.165, 1.54) is 4.90 Å². The Kier molecular flexibility index (Phi) is 10.3. The maximum atomic E-state index is 14.5. The zero-order chi connectivity index (χ0) is 35.8. The zero-order valence-electron chi connectivity index (χ0n) is 29.4. The summed E-state index contributed by atoms with van der Waals surface area (Å²) in [5, 5.41) is 1.72. The number of Topliss-reactive ketones (excluding diaryl/α,β-unsaturated/α-hetero) is 1. The highest BCUT2D eigenvalue weighted by atomic mass is 32.2. The van der Waals surface area contributed by atoms with E-state index in [-0.39, 0.29) is 49.5 Å². The van der Waals surface area contributed by atoms with E-state index in [4.69, 9.17) is 13.7 Å². The topological polar surface area (TPSA) is 158 Å². The van der Waals surface area contributed by atoms with Crippen molar-refractivity contribution in [3.63, 3.8) is 0 Å². The van der Waals surface area contributed by atoms with Crippen LogP contribution >= 0.6 is 0 Å². The molecule has 1 aromatic carbocycles. The third kappa shape index (κ3) is 8.14. The highest BCUT2D eigenvalue weighted by molar-refractivity contribution is 7.85. The molecule has 3 saturated carbocycles. The molecule has 3 aliphatic carbocycles. The minimum atomic E-state index is -4.33. The average Bonchev–Trinajstić information content (AvgIpc) is 3.89. The van der Waals surface area contributed by atoms with Crippen molar-refractivity contribution in [1.82, 2.24) is 14.6 Å². The Morgan fingerprint density at radius 2 is 1.74 bits per heavy atom. The highest BCUT2D eigenvalue weighted by Gasteiger charge is 2.61. The normalized spacial score (nSPS) is 26.1. The van der Waals surface area contributed by atoms with Crippen LogP contribution in [0.25, 0.3) is 10.8 Å². The van der Waals surface area contributed by atoms with Crippen molar-refractivity contribution in [2.24, 2.45) is 22.7 Å². The number of ether oxygens (including phenoxy) is 2. The minimum Gasteiger partial charge on any atom is -0.472 e. The molecule has 1 aromatic heterocycles. The van der Waals surface area contributed by atoms with Gasteiger partial charge in [-0.25, -0.2) is 9.71 Å². The number of likely N-dealkylation sites (tertiary alicyclic amines) is 1. The van der Waals surface area contributed by atoms with Gasteiger partial charge in [-0.15, -0.1) is 0 Å². The number of ketones is 1. The van der Waals surface area contributed by atoms with Gasteiger partial charge in [-0.05, 0) is 73.8 Å². The molecule has 4 fully saturated rings. The second kappa shape index (κ2) is 14.2. The van der Waals surface area contributed by atoms with Crippen LogP contribution in [0.1, 0.15) is 98.3 Å². The minimum absolute atomic E-state index is 0.0738. The number of carbonyl (C=O) groups is 4. The number of nitrogens with one attached hydrogen (secondary N) is 1. The van der Waals surface area contributed by atoms with E-state index in [1.807, 2.05) is 58.0 Å². The molecule has 1 saturated heterocycles. The molecule has 2 amide bonds. The molecule has 13 heteroatoms. The van der Waals surface area contributed by atoms with Crippen LogP contribution in [-0.4, -0.2) is 72.8 Å². The van der Waals surface area contributed by atoms with Crippen LogP contribution in [0.2, 0.25) is 0 Å². The van der Waals surface area contributed by atoms with Crippen molar-refractivity contribution in [1.29, 1.82) is 0 Å². The number of hydrogen-bond acceptors (Lipinski definition) is 10. The number of amides is 2. The van der Waals surface area contributed by atoms with Gasteiger partial charge in [0, 0.05) is 24.4 Å². The molecule has 272 valence electrons. The third-order valence-corrected chi connectivity index (χ3v) is 11.8. The number of carbonyl (C=O) groups excluding carboxylic acids is 4. The van der Waals surface area contributed by atoms with Gasteiger partial charge in [0.1, 0.15) is 12.2 Å². The van der Waals surface area contributed by atoms with Gasteiger partial charge in [0.05, 0.1) is 36.4 Å². The Hall–Kier alpha value is -3.58. The fourth-order valence-electron chi connectivity index (χ4n) is 7.65. The van der Waals surface area contributed by atoms with E-state index in [0.29, 0.717) is 31.6 Å². The van der Waals surface area contributed by atoms with Gasteiger partial charge in [0.2, 0.25) is 17.7 Å². The molecule has 6 rings (SSSR count). The van der Waals surface area contributed by atoms with Crippen molar-refractivity contribution in [3.05, 3.63) is 36.5 Å². The summed E-state index contributed by atoms with van der Waals surface area (Å²) in [5.74, 6) is -2.52. The number of benzene rings is 1. The monoisotopic (exact) mass is 711 g/mol. The maximum absolute atomic E-state index is 14.5. The lowest BCUT2D eigenvalue weighted by molar-refractivity contribution is -0.156. The molecule has 50 heavy (non-hydrogen) atoms. The Morgan fingerprint density at radius 3 is 2.40 bits per heavy atom. The summed E-state index contributed by atoms with van der Waals surface area (Å²) in [4.78, 5) is 61.5. The first kappa shape index (κ1) is 36.2. The second-order valence-corrected chi connectivity index (χ2v) is 16.9. The second-order valence-electron chi connectivity index (χ2n) is 15.6. The van der Waals surface area contributed by atoms with Crippen molar-refractivity contribution in [3.8, 4) is 5.88 Å². The molecule has 0 radical (unpaired) electrons. The largest absolute Gasteiger partial charge is 0.472 e. The number of hydrogen-bond donors (Lipinski definition) is 1. The molecule has 1 aliphatic heterocycles. The molecule has 12 nitrogen and oxygen atoms in total. The fourth-order valence-corrected chi connectivity index (χ4v) is 8.68. The lowest BCUT2D eigenvalue weighted by atomic mass is 9.77. The zero-order valence-corrected chi connectivity index (χ0v) is 30.2. The first-order valence-electron chi connectivity index (χ1n) is 18.0. The van der Waals surface area contributed by atoms with Crippen LogP contribution < -0.4 is 9.46 Å². The van der Waals surface area contributed by atoms with Gasteiger partial charge >= 0.3 is 16.3 Å². The predicted molar refractivity (Wildman–Crippen MR) is 184 cm³/mol. The number of fused-ring (bicyclic) bond motifs is 1. The van der Waals surface area contributed by atoms with E-state index >= 15 is 0 Å². The van der Waals surface area contributed by atoms with Gasteiger partial charge < -0.3 is 14.4 Å². The van der Waals surface area contributed by atoms with Crippen LogP contribution in [0.5, 0.6) is 5.88 Å². The SMILES string of the molecule is CC[C@@H]1C[C@]1(CC(=O)[C@@H]1C[C@@H](Oc2nccc3ccccc23)CN1C(=O)[C@@H](CC(=O)OC1CCCC1)C(C)(C)C)C(=O)NS(=O)(=O)OC1CC1. The van der Waals surface area contributed by atoms with Gasteiger partial charge in [-0.2, -0.15) is 8.42 Å². The molecule has 1 N–H and O–H groups in total. The average molecular weight is 712 g/mol. The fraction of sp³-hybridized carbons (Fsp3) is 0.649. The first-order valence-corrected chi connectivity index (χ1v) is 19.4. The lowest BCUT2D eigenvalue weighted by Gasteiger charge is -2.35. The summed E-state index contributed by atoms with van der Waals surface area (Å²) >= 11 is 0. The standard InChI is InChI=1S/C37H49N3O9S/c1-5-24-20-37(24,35(44)39-50(45,46)49-26-14-15-26)21-31(41)30-18-27(48-33-28-13-9-6-10-23(28)16-17-38-33)22-40(30)34(43)29(36(2,3)4)19-32(42)47-25-11-7-8-12-25/h6,9-10,13,16-17,24-27,29-30H,5,7-8,11-12,14-15,18-22H2,1-4H3,(H,39,44)/t24-,27-,29-,30+,37-/m1/s1. The van der Waals surface area contributed by atoms with Crippen molar-refractivity contribution >= 4 is 44.6 Å². The number of esters is 1. The molecular formula is C37H49N3O9S. The Bertz CT molecular complexity index is 1730. The third-order valence-electron chi connectivity index (χ3n) is 10.8. The molecule has 0 bridgehead atoms. The molecule has 0 unspecified atom stereocenters. The number of pyridine rings is 1.